The zero-order valence-corrected chi connectivity index (χ0v) is 18.9. The number of nitrogens with one attached hydrogen (secondary N) is 1. The molecule has 1 aromatic heterocycles. The van der Waals surface area contributed by atoms with E-state index in [9.17, 15) is 0 Å². The van der Waals surface area contributed by atoms with Crippen molar-refractivity contribution in [1.29, 1.82) is 0 Å². The van der Waals surface area contributed by atoms with Crippen LogP contribution in [-0.4, -0.2) is 22.4 Å². The normalized spacial score (nSPS) is 18.5. The highest BCUT2D eigenvalue weighted by Gasteiger charge is 2.32. The maximum atomic E-state index is 4.78. The van der Waals surface area contributed by atoms with Gasteiger partial charge in [0.1, 0.15) is 0 Å². The third-order valence-electron chi connectivity index (χ3n) is 5.50. The average Bonchev–Trinajstić information content (AvgIpc) is 3.21. The van der Waals surface area contributed by atoms with Gasteiger partial charge in [-0.25, -0.2) is 0 Å². The third kappa shape index (κ3) is 5.05. The summed E-state index contributed by atoms with van der Waals surface area (Å²) >= 11 is 0. The third-order valence-corrected chi connectivity index (χ3v) is 5.50. The number of nitrogens with zero attached hydrogens (tertiary/aromatic N) is 3. The fourth-order valence-electron chi connectivity index (χ4n) is 4.11. The van der Waals surface area contributed by atoms with E-state index >= 15 is 0 Å². The number of hydrogen-bond acceptors (Lipinski definition) is 4. The van der Waals surface area contributed by atoms with Crippen molar-refractivity contribution in [2.45, 2.75) is 72.3 Å². The molecular formula is C26H34N4. The standard InChI is InChI=1S/C24H28N4.C2H6/c1-16(2)26-21-10-8-20(9-11-21)24-22(18-12-14-25-15-13-18)23(27-28-24)19-6-4-17(3)5-7-19;1-2/h4-7,12-16,22,28H,8-11H2,1-3H3;1-2H3. The van der Waals surface area contributed by atoms with Crippen molar-refractivity contribution in [3.63, 3.8) is 0 Å². The van der Waals surface area contributed by atoms with Crippen molar-refractivity contribution in [3.05, 3.63) is 76.8 Å². The summed E-state index contributed by atoms with van der Waals surface area (Å²) in [6.07, 6.45) is 7.98. The molecule has 2 heterocycles. The van der Waals surface area contributed by atoms with Gasteiger partial charge < -0.3 is 0 Å². The van der Waals surface area contributed by atoms with Crippen molar-refractivity contribution in [2.24, 2.45) is 10.1 Å². The first-order chi connectivity index (χ1) is 14.6. The van der Waals surface area contributed by atoms with Crippen molar-refractivity contribution in [3.8, 4) is 0 Å². The quantitative estimate of drug-likeness (QED) is 0.666. The zero-order chi connectivity index (χ0) is 21.5. The van der Waals surface area contributed by atoms with Crippen molar-refractivity contribution in [2.75, 3.05) is 0 Å². The predicted molar refractivity (Wildman–Crippen MR) is 127 cm³/mol. The van der Waals surface area contributed by atoms with Crippen molar-refractivity contribution in [1.82, 2.24) is 10.4 Å². The summed E-state index contributed by atoms with van der Waals surface area (Å²) in [5.74, 6) is 0.143. The lowest BCUT2D eigenvalue weighted by Crippen LogP contribution is -2.18. The van der Waals surface area contributed by atoms with E-state index in [-0.39, 0.29) is 5.92 Å². The number of aliphatic imine (C=N–C) groups is 1. The Morgan fingerprint density at radius 1 is 0.933 bits per heavy atom. The molecule has 1 atom stereocenters. The van der Waals surface area contributed by atoms with Crippen LogP contribution in [0.5, 0.6) is 0 Å². The molecule has 1 fully saturated rings. The predicted octanol–water partition coefficient (Wildman–Crippen LogP) is 6.18. The summed E-state index contributed by atoms with van der Waals surface area (Å²) in [4.78, 5) is 8.99. The zero-order valence-electron chi connectivity index (χ0n) is 18.9. The molecule has 1 aliphatic carbocycles. The van der Waals surface area contributed by atoms with Gasteiger partial charge in [0.15, 0.2) is 0 Å². The molecule has 30 heavy (non-hydrogen) atoms. The smallest absolute Gasteiger partial charge is 0.0813 e. The lowest BCUT2D eigenvalue weighted by molar-refractivity contribution is 0.737. The number of pyridine rings is 1. The molecule has 2 aliphatic rings. The number of benzene rings is 1. The molecule has 1 unspecified atom stereocenters. The number of aryl methyl sites for hydroxylation is 1. The van der Waals surface area contributed by atoms with Gasteiger partial charge in [-0.3, -0.25) is 15.4 Å². The molecule has 0 spiro atoms. The summed E-state index contributed by atoms with van der Waals surface area (Å²) in [5, 5.41) is 4.78. The highest BCUT2D eigenvalue weighted by atomic mass is 15.3. The van der Waals surface area contributed by atoms with Gasteiger partial charge in [-0.2, -0.15) is 5.10 Å². The van der Waals surface area contributed by atoms with E-state index in [1.54, 1.807) is 0 Å². The Kier molecular flexibility index (Phi) is 7.56. The highest BCUT2D eigenvalue weighted by molar-refractivity contribution is 6.08. The minimum absolute atomic E-state index is 0.143. The Morgan fingerprint density at radius 3 is 2.17 bits per heavy atom. The number of hydrogen-bond donors (Lipinski definition) is 1. The van der Waals surface area contributed by atoms with Crippen LogP contribution in [0.3, 0.4) is 0 Å². The molecule has 1 N–H and O–H groups in total. The van der Waals surface area contributed by atoms with Crippen LogP contribution in [0.4, 0.5) is 0 Å². The summed E-state index contributed by atoms with van der Waals surface area (Å²) in [5.41, 5.74) is 12.3. The Labute approximate surface area is 181 Å². The van der Waals surface area contributed by atoms with E-state index in [1.165, 1.54) is 33.7 Å². The molecule has 4 nitrogen and oxygen atoms in total. The Bertz CT molecular complexity index is 909. The second-order valence-corrected chi connectivity index (χ2v) is 7.99. The van der Waals surface area contributed by atoms with Crippen molar-refractivity contribution < 1.29 is 0 Å². The molecule has 2 aromatic rings. The fraction of sp³-hybridized carbons (Fsp3) is 0.423. The van der Waals surface area contributed by atoms with Gasteiger partial charge in [-0.05, 0) is 75.3 Å². The lowest BCUT2D eigenvalue weighted by Gasteiger charge is -2.23. The minimum Gasteiger partial charge on any atom is -0.291 e. The van der Waals surface area contributed by atoms with Crippen LogP contribution in [0.15, 0.2) is 70.2 Å². The average molecular weight is 403 g/mol. The molecule has 1 saturated carbocycles. The molecule has 1 aromatic carbocycles. The largest absolute Gasteiger partial charge is 0.291 e. The first-order valence-corrected chi connectivity index (χ1v) is 11.2. The maximum Gasteiger partial charge on any atom is 0.0813 e. The Morgan fingerprint density at radius 2 is 1.57 bits per heavy atom. The summed E-state index contributed by atoms with van der Waals surface area (Å²) < 4.78 is 0. The molecule has 158 valence electrons. The van der Waals surface area contributed by atoms with E-state index < -0.39 is 0 Å². The number of hydrazone groups is 1. The second kappa shape index (κ2) is 10.3. The van der Waals surface area contributed by atoms with E-state index in [0.29, 0.717) is 6.04 Å². The molecule has 4 rings (SSSR count). The van der Waals surface area contributed by atoms with E-state index in [1.807, 2.05) is 26.2 Å². The SMILES string of the molecule is CC.Cc1ccc(C2=NNC(=C3CCC(=NC(C)C)CC3)C2c2ccncc2)cc1. The summed E-state index contributed by atoms with van der Waals surface area (Å²) in [6.45, 7) is 10.4. The van der Waals surface area contributed by atoms with Crippen LogP contribution in [-0.2, 0) is 0 Å². The second-order valence-electron chi connectivity index (χ2n) is 7.99. The van der Waals surface area contributed by atoms with Gasteiger partial charge in [0.2, 0.25) is 0 Å². The first kappa shape index (κ1) is 21.9. The van der Waals surface area contributed by atoms with Gasteiger partial charge in [0, 0.05) is 29.8 Å². The van der Waals surface area contributed by atoms with Crippen molar-refractivity contribution >= 4 is 11.4 Å². The van der Waals surface area contributed by atoms with Gasteiger partial charge >= 0.3 is 0 Å². The van der Waals surface area contributed by atoms with Gasteiger partial charge in [0.25, 0.3) is 0 Å². The van der Waals surface area contributed by atoms with Crippen LogP contribution >= 0.6 is 0 Å². The molecule has 0 radical (unpaired) electrons. The number of rotatable bonds is 3. The maximum absolute atomic E-state index is 4.78. The van der Waals surface area contributed by atoms with Gasteiger partial charge in [-0.15, -0.1) is 0 Å². The van der Waals surface area contributed by atoms with Crippen LogP contribution in [0.2, 0.25) is 0 Å². The minimum atomic E-state index is 0.143. The fourth-order valence-corrected chi connectivity index (χ4v) is 4.11. The number of aromatic nitrogens is 1. The Balaban J connectivity index is 0.00000124. The van der Waals surface area contributed by atoms with Crippen LogP contribution in [0, 0.1) is 6.92 Å². The van der Waals surface area contributed by atoms with Gasteiger partial charge in [0.05, 0.1) is 11.6 Å². The van der Waals surface area contributed by atoms with E-state index in [4.69, 9.17) is 10.1 Å². The topological polar surface area (TPSA) is 49.6 Å². The molecule has 4 heteroatoms. The van der Waals surface area contributed by atoms with E-state index in [2.05, 4.69) is 67.6 Å². The van der Waals surface area contributed by atoms with Crippen LogP contribution < -0.4 is 5.43 Å². The van der Waals surface area contributed by atoms with Gasteiger partial charge in [-0.1, -0.05) is 43.7 Å². The highest BCUT2D eigenvalue weighted by Crippen LogP contribution is 2.37. The first-order valence-electron chi connectivity index (χ1n) is 11.2. The molecule has 0 saturated heterocycles. The molecule has 0 bridgehead atoms. The van der Waals surface area contributed by atoms with Crippen LogP contribution in [0.1, 0.15) is 76.0 Å². The van der Waals surface area contributed by atoms with E-state index in [0.717, 1.165) is 31.4 Å². The molecule has 1 aliphatic heterocycles. The molecule has 0 amide bonds. The van der Waals surface area contributed by atoms with Crippen LogP contribution in [0.25, 0.3) is 0 Å². The summed E-state index contributed by atoms with van der Waals surface area (Å²) in [6, 6.07) is 13.3. The number of allylic oxidation sites excluding steroid dienone is 2. The molecular weight excluding hydrogens is 368 g/mol. The Hall–Kier alpha value is -2.75. The monoisotopic (exact) mass is 402 g/mol. The summed E-state index contributed by atoms with van der Waals surface area (Å²) in [7, 11) is 0. The lowest BCUT2D eigenvalue weighted by atomic mass is 9.83.